The molecule has 0 spiro atoms. The molecule has 2 aliphatic rings. The van der Waals surface area contributed by atoms with Crippen LogP contribution in [0.1, 0.15) is 56.6 Å². The summed E-state index contributed by atoms with van der Waals surface area (Å²) < 4.78 is 1.07. The average Bonchev–Trinajstić information content (AvgIpc) is 3.29. The Labute approximate surface area is 174 Å². The highest BCUT2D eigenvalue weighted by Gasteiger charge is 2.26. The number of H-pyrrole nitrogens is 1. The molecule has 7 nitrogen and oxygen atoms in total. The molecule has 3 aromatic heterocycles. The van der Waals surface area contributed by atoms with Crippen LogP contribution in [0.15, 0.2) is 17.5 Å². The number of unbranched alkanes of at least 4 members (excludes halogenated alkanes) is 1. The van der Waals surface area contributed by atoms with E-state index in [9.17, 15) is 0 Å². The molecule has 3 aromatic rings. The number of rotatable bonds is 7. The van der Waals surface area contributed by atoms with Gasteiger partial charge in [-0.25, -0.2) is 4.98 Å². The molecule has 29 heavy (non-hydrogen) atoms. The Balaban J connectivity index is 1.32. The van der Waals surface area contributed by atoms with Crippen molar-refractivity contribution < 1.29 is 0 Å². The Kier molecular flexibility index (Phi) is 5.06. The highest BCUT2D eigenvalue weighted by molar-refractivity contribution is 7.17. The zero-order chi connectivity index (χ0) is 19.6. The first-order chi connectivity index (χ1) is 14.3. The van der Waals surface area contributed by atoms with Gasteiger partial charge in [0.2, 0.25) is 5.95 Å². The largest absolute Gasteiger partial charge is 0.341 e. The molecule has 8 heteroatoms. The zero-order valence-electron chi connectivity index (χ0n) is 16.4. The van der Waals surface area contributed by atoms with Gasteiger partial charge in [-0.1, -0.05) is 0 Å². The molecular weight excluding hydrogens is 382 g/mol. The van der Waals surface area contributed by atoms with Gasteiger partial charge < -0.3 is 10.2 Å². The predicted molar refractivity (Wildman–Crippen MR) is 116 cm³/mol. The number of anilines is 3. The maximum atomic E-state index is 8.73. The second kappa shape index (κ2) is 7.99. The Bertz CT molecular complexity index is 1020. The van der Waals surface area contributed by atoms with E-state index in [-0.39, 0.29) is 0 Å². The van der Waals surface area contributed by atoms with Crippen LogP contribution < -0.4 is 10.2 Å². The number of aromatic nitrogens is 4. The first-order valence-corrected chi connectivity index (χ1v) is 11.4. The van der Waals surface area contributed by atoms with Gasteiger partial charge in [-0.05, 0) is 55.9 Å². The third kappa shape index (κ3) is 4.06. The quantitative estimate of drug-likeness (QED) is 0.539. The second-order valence-corrected chi connectivity index (χ2v) is 9.01. The highest BCUT2D eigenvalue weighted by atomic mass is 32.1. The molecular formula is C21H25N7S. The summed E-state index contributed by atoms with van der Waals surface area (Å²) in [7, 11) is 0. The SMILES string of the molecule is N#CCCCC1CCN(c2nc(Nc3cc(C4CC4)[nH]n3)c3sccc3n2)CC1. The van der Waals surface area contributed by atoms with Crippen molar-refractivity contribution in [1.82, 2.24) is 20.2 Å². The predicted octanol–water partition coefficient (Wildman–Crippen LogP) is 4.95. The monoisotopic (exact) mass is 407 g/mol. The summed E-state index contributed by atoms with van der Waals surface area (Å²) in [5, 5.41) is 21.8. The molecule has 1 aliphatic heterocycles. The van der Waals surface area contributed by atoms with E-state index < -0.39 is 0 Å². The fourth-order valence-corrected chi connectivity index (χ4v) is 4.87. The summed E-state index contributed by atoms with van der Waals surface area (Å²) in [6.07, 6.45) is 7.62. The molecule has 5 rings (SSSR count). The number of nitrogens with one attached hydrogen (secondary N) is 2. The van der Waals surface area contributed by atoms with E-state index in [1.54, 1.807) is 11.3 Å². The van der Waals surface area contributed by atoms with Crippen molar-refractivity contribution >= 4 is 39.1 Å². The van der Waals surface area contributed by atoms with Gasteiger partial charge in [0.15, 0.2) is 11.6 Å². The standard InChI is InChI=1S/C21H25N7S/c22-9-2-1-3-14-6-10-28(11-7-14)21-23-16-8-12-29-19(16)20(25-21)24-18-13-17(26-27-18)15-4-5-15/h8,12-15H,1-7,10-11H2,(H2,23,24,25,26,27). The maximum Gasteiger partial charge on any atom is 0.227 e. The molecule has 0 atom stereocenters. The number of aromatic amines is 1. The Morgan fingerprint density at radius 1 is 1.24 bits per heavy atom. The third-order valence-electron chi connectivity index (χ3n) is 5.95. The summed E-state index contributed by atoms with van der Waals surface area (Å²) >= 11 is 1.66. The zero-order valence-corrected chi connectivity index (χ0v) is 17.2. The lowest BCUT2D eigenvalue weighted by molar-refractivity contribution is 0.372. The van der Waals surface area contributed by atoms with Gasteiger partial charge in [-0.15, -0.1) is 11.3 Å². The van der Waals surface area contributed by atoms with Gasteiger partial charge >= 0.3 is 0 Å². The average molecular weight is 408 g/mol. The number of hydrogen-bond donors (Lipinski definition) is 2. The Morgan fingerprint density at radius 2 is 2.10 bits per heavy atom. The fraction of sp³-hybridized carbons (Fsp3) is 0.524. The summed E-state index contributed by atoms with van der Waals surface area (Å²) in [6.45, 7) is 1.95. The van der Waals surface area contributed by atoms with Crippen LogP contribution in [0.25, 0.3) is 10.2 Å². The lowest BCUT2D eigenvalue weighted by Gasteiger charge is -2.32. The molecule has 150 valence electrons. The van der Waals surface area contributed by atoms with E-state index in [2.05, 4.69) is 44.0 Å². The van der Waals surface area contributed by atoms with Crippen LogP contribution in [0, 0.1) is 17.2 Å². The van der Waals surface area contributed by atoms with Crippen molar-refractivity contribution in [3.05, 3.63) is 23.2 Å². The molecule has 1 saturated carbocycles. The molecule has 0 bridgehead atoms. The summed E-state index contributed by atoms with van der Waals surface area (Å²) in [6, 6.07) is 6.41. The summed E-state index contributed by atoms with van der Waals surface area (Å²) in [4.78, 5) is 12.0. The van der Waals surface area contributed by atoms with Crippen molar-refractivity contribution in [2.45, 2.75) is 50.9 Å². The summed E-state index contributed by atoms with van der Waals surface area (Å²) in [5.74, 6) is 3.82. The highest BCUT2D eigenvalue weighted by Crippen LogP contribution is 2.40. The van der Waals surface area contributed by atoms with Crippen molar-refractivity contribution in [2.75, 3.05) is 23.3 Å². The molecule has 0 unspecified atom stereocenters. The van der Waals surface area contributed by atoms with E-state index >= 15 is 0 Å². The third-order valence-corrected chi connectivity index (χ3v) is 6.86. The van der Waals surface area contributed by atoms with Crippen LogP contribution >= 0.6 is 11.3 Å². The normalized spacial score (nSPS) is 17.6. The smallest absolute Gasteiger partial charge is 0.227 e. The van der Waals surface area contributed by atoms with E-state index in [4.69, 9.17) is 15.2 Å². The molecule has 2 N–H and O–H groups in total. The van der Waals surface area contributed by atoms with Crippen molar-refractivity contribution in [3.8, 4) is 6.07 Å². The fourth-order valence-electron chi connectivity index (χ4n) is 4.09. The van der Waals surface area contributed by atoms with Gasteiger partial charge in [0.05, 0.1) is 16.3 Å². The summed E-state index contributed by atoms with van der Waals surface area (Å²) in [5.41, 5.74) is 2.19. The van der Waals surface area contributed by atoms with Crippen molar-refractivity contribution in [1.29, 1.82) is 5.26 Å². The molecule has 1 aliphatic carbocycles. The number of fused-ring (bicyclic) bond motifs is 1. The van der Waals surface area contributed by atoms with Gasteiger partial charge in [-0.2, -0.15) is 15.3 Å². The molecule has 1 saturated heterocycles. The number of piperidine rings is 1. The number of thiophene rings is 1. The number of nitriles is 1. The van der Waals surface area contributed by atoms with Crippen LogP contribution in [0.5, 0.6) is 0 Å². The maximum absolute atomic E-state index is 8.73. The van der Waals surface area contributed by atoms with Gasteiger partial charge in [-0.3, -0.25) is 5.10 Å². The van der Waals surface area contributed by atoms with Gasteiger partial charge in [0, 0.05) is 37.2 Å². The molecule has 0 aromatic carbocycles. The Morgan fingerprint density at radius 3 is 2.90 bits per heavy atom. The minimum Gasteiger partial charge on any atom is -0.341 e. The number of nitrogens with zero attached hydrogens (tertiary/aromatic N) is 5. The van der Waals surface area contributed by atoms with Gasteiger partial charge in [0.1, 0.15) is 0 Å². The first kappa shape index (κ1) is 18.4. The Hall–Kier alpha value is -2.66. The molecule has 0 amide bonds. The van der Waals surface area contributed by atoms with E-state index in [0.29, 0.717) is 18.3 Å². The minimum absolute atomic E-state index is 0.648. The first-order valence-electron chi connectivity index (χ1n) is 10.5. The van der Waals surface area contributed by atoms with Gasteiger partial charge in [0.25, 0.3) is 0 Å². The lowest BCUT2D eigenvalue weighted by Crippen LogP contribution is -2.35. The van der Waals surface area contributed by atoms with E-state index in [0.717, 1.165) is 66.6 Å². The van der Waals surface area contributed by atoms with Crippen molar-refractivity contribution in [3.63, 3.8) is 0 Å². The van der Waals surface area contributed by atoms with E-state index in [1.807, 2.05) is 0 Å². The molecule has 0 radical (unpaired) electrons. The van der Waals surface area contributed by atoms with Crippen LogP contribution in [-0.4, -0.2) is 33.3 Å². The molecule has 4 heterocycles. The second-order valence-electron chi connectivity index (χ2n) is 8.10. The van der Waals surface area contributed by atoms with Crippen LogP contribution in [0.2, 0.25) is 0 Å². The number of hydrogen-bond acceptors (Lipinski definition) is 7. The minimum atomic E-state index is 0.648. The van der Waals surface area contributed by atoms with Crippen LogP contribution in [-0.2, 0) is 0 Å². The topological polar surface area (TPSA) is 93.5 Å². The van der Waals surface area contributed by atoms with Crippen molar-refractivity contribution in [2.24, 2.45) is 5.92 Å². The molecule has 2 fully saturated rings. The van der Waals surface area contributed by atoms with E-state index in [1.165, 1.54) is 18.5 Å². The van der Waals surface area contributed by atoms with Crippen LogP contribution in [0.3, 0.4) is 0 Å². The lowest BCUT2D eigenvalue weighted by atomic mass is 9.92. The van der Waals surface area contributed by atoms with Crippen LogP contribution in [0.4, 0.5) is 17.6 Å².